The SMILES string of the molecule is CCCCCCCCCCCNC(=O)CCCCC(NC(=O)CCCCCCCCCC[n+]1ccccc1)C(=O)OCC. The van der Waals surface area contributed by atoms with E-state index in [1.807, 2.05) is 6.07 Å². The topological polar surface area (TPSA) is 88.4 Å². The largest absolute Gasteiger partial charge is 0.464 e. The number of carbonyl (C=O) groups excluding carboxylic acids is 3. The normalized spacial score (nSPS) is 11.7. The summed E-state index contributed by atoms with van der Waals surface area (Å²) < 4.78 is 7.42. The van der Waals surface area contributed by atoms with Gasteiger partial charge in [-0.1, -0.05) is 103 Å². The molecule has 43 heavy (non-hydrogen) atoms. The lowest BCUT2D eigenvalue weighted by atomic mass is 10.1. The van der Waals surface area contributed by atoms with Crippen LogP contribution in [0, 0.1) is 0 Å². The van der Waals surface area contributed by atoms with Gasteiger partial charge in [-0.15, -0.1) is 0 Å². The summed E-state index contributed by atoms with van der Waals surface area (Å²) in [6, 6.07) is 5.55. The zero-order valence-electron chi connectivity index (χ0n) is 27.7. The number of unbranched alkanes of at least 4 members (excludes halogenated alkanes) is 16. The number of pyridine rings is 1. The van der Waals surface area contributed by atoms with Crippen molar-refractivity contribution in [3.8, 4) is 0 Å². The smallest absolute Gasteiger partial charge is 0.328 e. The number of amides is 2. The van der Waals surface area contributed by atoms with Crippen LogP contribution < -0.4 is 15.2 Å². The van der Waals surface area contributed by atoms with E-state index >= 15 is 0 Å². The second-order valence-corrected chi connectivity index (χ2v) is 12.0. The zero-order valence-corrected chi connectivity index (χ0v) is 27.7. The van der Waals surface area contributed by atoms with E-state index in [2.05, 4.69) is 46.7 Å². The highest BCUT2D eigenvalue weighted by Gasteiger charge is 2.21. The lowest BCUT2D eigenvalue weighted by Crippen LogP contribution is -2.41. The van der Waals surface area contributed by atoms with Crippen LogP contribution in [0.2, 0.25) is 0 Å². The van der Waals surface area contributed by atoms with Crippen LogP contribution in [-0.2, 0) is 25.7 Å². The standard InChI is InChI=1S/C36H63N3O4/c1-3-5-6-7-8-10-13-16-22-29-37-34(40)27-21-20-26-33(36(42)43-4-2)38-35(41)28-19-15-12-9-11-14-17-23-30-39-31-24-18-25-32-39/h18,24-25,31-33H,3-17,19-23,26-30H2,1-2H3,(H-,37,38,40,41)/p+1. The first-order valence-electron chi connectivity index (χ1n) is 17.7. The summed E-state index contributed by atoms with van der Waals surface area (Å²) in [6.45, 7) is 6.13. The van der Waals surface area contributed by atoms with E-state index in [1.54, 1.807) is 6.92 Å². The van der Waals surface area contributed by atoms with Gasteiger partial charge in [-0.05, 0) is 39.0 Å². The highest BCUT2D eigenvalue weighted by atomic mass is 16.5. The maximum atomic E-state index is 12.5. The Morgan fingerprint density at radius 2 is 1.16 bits per heavy atom. The minimum absolute atomic E-state index is 0.0717. The summed E-state index contributed by atoms with van der Waals surface area (Å²) in [5.74, 6) is -0.394. The van der Waals surface area contributed by atoms with E-state index in [1.165, 1.54) is 83.5 Å². The number of nitrogens with one attached hydrogen (secondary N) is 2. The predicted octanol–water partition coefficient (Wildman–Crippen LogP) is 7.74. The molecule has 1 unspecified atom stereocenters. The predicted molar refractivity (Wildman–Crippen MR) is 175 cm³/mol. The minimum atomic E-state index is -0.633. The van der Waals surface area contributed by atoms with Crippen LogP contribution in [-0.4, -0.2) is 37.0 Å². The van der Waals surface area contributed by atoms with Crippen LogP contribution in [0.5, 0.6) is 0 Å². The maximum Gasteiger partial charge on any atom is 0.328 e. The van der Waals surface area contributed by atoms with Gasteiger partial charge >= 0.3 is 5.97 Å². The first-order chi connectivity index (χ1) is 21.1. The van der Waals surface area contributed by atoms with Crippen molar-refractivity contribution < 1.29 is 23.7 Å². The first-order valence-corrected chi connectivity index (χ1v) is 17.7. The molecule has 7 nitrogen and oxygen atoms in total. The molecule has 0 spiro atoms. The Kier molecular flexibility index (Phi) is 25.4. The average molecular weight is 603 g/mol. The molecule has 0 fully saturated rings. The minimum Gasteiger partial charge on any atom is -0.464 e. The molecule has 1 aromatic heterocycles. The van der Waals surface area contributed by atoms with Gasteiger partial charge in [0.2, 0.25) is 11.8 Å². The van der Waals surface area contributed by atoms with Crippen molar-refractivity contribution in [2.45, 2.75) is 168 Å². The summed E-state index contributed by atoms with van der Waals surface area (Å²) in [5.41, 5.74) is 0. The van der Waals surface area contributed by atoms with E-state index < -0.39 is 6.04 Å². The number of esters is 1. The molecular weight excluding hydrogens is 538 g/mol. The molecule has 246 valence electrons. The fourth-order valence-electron chi connectivity index (χ4n) is 5.37. The first kappa shape index (κ1) is 38.6. The Bertz CT molecular complexity index is 818. The number of ether oxygens (including phenoxy) is 1. The summed E-state index contributed by atoms with van der Waals surface area (Å²) in [5, 5.41) is 5.91. The second-order valence-electron chi connectivity index (χ2n) is 12.0. The van der Waals surface area contributed by atoms with Gasteiger partial charge in [0.25, 0.3) is 0 Å². The number of hydrogen-bond donors (Lipinski definition) is 2. The molecule has 0 aromatic carbocycles. The Hall–Kier alpha value is -2.44. The van der Waals surface area contributed by atoms with E-state index in [0.29, 0.717) is 32.1 Å². The molecule has 0 aliphatic heterocycles. The van der Waals surface area contributed by atoms with Gasteiger partial charge in [0, 0.05) is 37.9 Å². The van der Waals surface area contributed by atoms with Crippen LogP contribution in [0.4, 0.5) is 0 Å². The van der Waals surface area contributed by atoms with E-state index in [0.717, 1.165) is 38.8 Å². The Labute approximate surface area is 263 Å². The molecule has 0 bridgehead atoms. The molecule has 0 radical (unpaired) electrons. The second kappa shape index (κ2) is 28.3. The van der Waals surface area contributed by atoms with Crippen LogP contribution in [0.25, 0.3) is 0 Å². The highest BCUT2D eigenvalue weighted by Crippen LogP contribution is 2.12. The van der Waals surface area contributed by atoms with Crippen molar-refractivity contribution in [1.82, 2.24) is 10.6 Å². The summed E-state index contributed by atoms with van der Waals surface area (Å²) in [7, 11) is 0. The van der Waals surface area contributed by atoms with Crippen LogP contribution in [0.3, 0.4) is 0 Å². The van der Waals surface area contributed by atoms with Crippen molar-refractivity contribution in [2.24, 2.45) is 0 Å². The number of hydrogen-bond acceptors (Lipinski definition) is 4. The maximum absolute atomic E-state index is 12.5. The Morgan fingerprint density at radius 3 is 1.79 bits per heavy atom. The van der Waals surface area contributed by atoms with Gasteiger partial charge in [-0.25, -0.2) is 9.36 Å². The molecular formula is C36H64N3O4+. The van der Waals surface area contributed by atoms with E-state index in [9.17, 15) is 14.4 Å². The Balaban J connectivity index is 2.06. The third-order valence-electron chi connectivity index (χ3n) is 8.00. The number of aryl methyl sites for hydroxylation is 1. The number of carbonyl (C=O) groups is 3. The van der Waals surface area contributed by atoms with Crippen molar-refractivity contribution >= 4 is 17.8 Å². The third kappa shape index (κ3) is 23.7. The molecule has 1 aromatic rings. The lowest BCUT2D eigenvalue weighted by molar-refractivity contribution is -0.697. The molecule has 2 amide bonds. The Morgan fingerprint density at radius 1 is 0.628 bits per heavy atom. The van der Waals surface area contributed by atoms with Gasteiger partial charge in [-0.3, -0.25) is 9.59 Å². The van der Waals surface area contributed by atoms with Gasteiger partial charge in [0.1, 0.15) is 12.6 Å². The van der Waals surface area contributed by atoms with Gasteiger partial charge in [0.05, 0.1) is 6.61 Å². The molecule has 7 heteroatoms. The van der Waals surface area contributed by atoms with Gasteiger partial charge in [0.15, 0.2) is 12.4 Å². The van der Waals surface area contributed by atoms with Crippen molar-refractivity contribution in [2.75, 3.05) is 13.2 Å². The van der Waals surface area contributed by atoms with Crippen molar-refractivity contribution in [3.05, 3.63) is 30.6 Å². The molecule has 0 saturated carbocycles. The van der Waals surface area contributed by atoms with Crippen LogP contribution >= 0.6 is 0 Å². The summed E-state index contributed by atoms with van der Waals surface area (Å²) >= 11 is 0. The fraction of sp³-hybridized carbons (Fsp3) is 0.778. The van der Waals surface area contributed by atoms with E-state index in [-0.39, 0.29) is 24.4 Å². The number of nitrogens with zero attached hydrogens (tertiary/aromatic N) is 1. The zero-order chi connectivity index (χ0) is 31.2. The molecule has 0 aliphatic rings. The third-order valence-corrected chi connectivity index (χ3v) is 8.00. The molecule has 1 rings (SSSR count). The quantitative estimate of drug-likeness (QED) is 0.0558. The molecule has 1 heterocycles. The fourth-order valence-corrected chi connectivity index (χ4v) is 5.37. The van der Waals surface area contributed by atoms with Crippen molar-refractivity contribution in [1.29, 1.82) is 0 Å². The highest BCUT2D eigenvalue weighted by molar-refractivity contribution is 5.84. The molecule has 1 atom stereocenters. The summed E-state index contributed by atoms with van der Waals surface area (Å²) in [6.07, 6.45) is 27.6. The average Bonchev–Trinajstić information content (AvgIpc) is 3.01. The van der Waals surface area contributed by atoms with Gasteiger partial charge < -0.3 is 15.4 Å². The van der Waals surface area contributed by atoms with E-state index in [4.69, 9.17) is 4.74 Å². The summed E-state index contributed by atoms with van der Waals surface area (Å²) in [4.78, 5) is 37.1. The molecule has 0 aliphatic carbocycles. The number of rotatable bonds is 29. The monoisotopic (exact) mass is 602 g/mol. The van der Waals surface area contributed by atoms with Crippen LogP contribution in [0.1, 0.15) is 155 Å². The molecule has 0 saturated heterocycles. The van der Waals surface area contributed by atoms with Crippen molar-refractivity contribution in [3.63, 3.8) is 0 Å². The van der Waals surface area contributed by atoms with Gasteiger partial charge in [-0.2, -0.15) is 0 Å². The molecule has 2 N–H and O–H groups in total. The number of aromatic nitrogens is 1. The van der Waals surface area contributed by atoms with Crippen LogP contribution in [0.15, 0.2) is 30.6 Å². The lowest BCUT2D eigenvalue weighted by Gasteiger charge is -2.17.